The van der Waals surface area contributed by atoms with Gasteiger partial charge in [0.25, 0.3) is 0 Å². The van der Waals surface area contributed by atoms with E-state index in [0.29, 0.717) is 41.9 Å². The summed E-state index contributed by atoms with van der Waals surface area (Å²) >= 11 is 0. The van der Waals surface area contributed by atoms with E-state index in [1.54, 1.807) is 6.92 Å². The monoisotopic (exact) mass is 710 g/mol. The summed E-state index contributed by atoms with van der Waals surface area (Å²) in [4.78, 5) is 0. The van der Waals surface area contributed by atoms with Gasteiger partial charge in [0.1, 0.15) is 36.6 Å². The smallest absolute Gasteiger partial charge is 0.186 e. The van der Waals surface area contributed by atoms with Crippen LogP contribution in [-0.2, 0) is 28.4 Å². The number of hydrogen-bond acceptors (Lipinski definition) is 12. The molecule has 4 aliphatic heterocycles. The molecule has 0 amide bonds. The number of ether oxygens (including phenoxy) is 6. The van der Waals surface area contributed by atoms with Crippen molar-refractivity contribution in [2.24, 2.45) is 52.3 Å². The molecule has 4 saturated heterocycles. The molecular weight excluding hydrogens is 648 g/mol. The third kappa shape index (κ3) is 5.60. The van der Waals surface area contributed by atoms with E-state index in [1.807, 2.05) is 0 Å². The molecule has 12 nitrogen and oxygen atoms in total. The molecule has 286 valence electrons. The summed E-state index contributed by atoms with van der Waals surface area (Å²) in [6.07, 6.45) is -3.60. The van der Waals surface area contributed by atoms with Gasteiger partial charge in [-0.1, -0.05) is 27.7 Å². The van der Waals surface area contributed by atoms with Gasteiger partial charge < -0.3 is 59.1 Å². The summed E-state index contributed by atoms with van der Waals surface area (Å²) in [5.41, 5.74) is 0.0559. The van der Waals surface area contributed by atoms with Crippen molar-refractivity contribution in [3.05, 3.63) is 0 Å². The zero-order valence-corrected chi connectivity index (χ0v) is 30.4. The normalized spacial score (nSPS) is 60.9. The first-order chi connectivity index (χ1) is 23.7. The minimum atomic E-state index is -1.57. The molecule has 0 aromatic heterocycles. The van der Waals surface area contributed by atoms with E-state index in [1.165, 1.54) is 0 Å². The first-order valence-corrected chi connectivity index (χ1v) is 19.6. The first kappa shape index (κ1) is 36.5. The molecule has 22 atom stereocenters. The SMILES string of the molecule is C[C@@H]1CCC2(OC1)O[C@H]1C[C@H]3[C@@H]4C[C@H](O[C@H]5O[C@H](C)[C@@H](O)[C@H](O[C@@H]6OC[C@@H](O)[C@H](O)[C@H]6O)[C@H]5O)[C@H]5C[C@@H](O)CC[C@]5(C)[C@H]4CC[C@]3(C)[C@H]1[C@@H]2C. The van der Waals surface area contributed by atoms with Gasteiger partial charge in [0.15, 0.2) is 18.4 Å². The summed E-state index contributed by atoms with van der Waals surface area (Å²) in [7, 11) is 0. The van der Waals surface area contributed by atoms with Crippen molar-refractivity contribution in [3.8, 4) is 0 Å². The highest BCUT2D eigenvalue weighted by Gasteiger charge is 2.70. The van der Waals surface area contributed by atoms with Crippen LogP contribution in [0.15, 0.2) is 0 Å². The molecule has 0 aromatic carbocycles. The van der Waals surface area contributed by atoms with Crippen molar-refractivity contribution in [1.29, 1.82) is 0 Å². The Hall–Kier alpha value is -0.480. The molecule has 4 heterocycles. The van der Waals surface area contributed by atoms with Gasteiger partial charge in [-0.2, -0.15) is 0 Å². The number of fused-ring (bicyclic) bond motifs is 7. The first-order valence-electron chi connectivity index (χ1n) is 19.6. The highest BCUT2D eigenvalue weighted by molar-refractivity contribution is 5.16. The maximum absolute atomic E-state index is 11.6. The van der Waals surface area contributed by atoms with Gasteiger partial charge in [-0.05, 0) is 105 Å². The molecule has 4 aliphatic carbocycles. The molecule has 50 heavy (non-hydrogen) atoms. The second kappa shape index (κ2) is 13.1. The summed E-state index contributed by atoms with van der Waals surface area (Å²) in [5.74, 6) is 2.24. The van der Waals surface area contributed by atoms with Crippen LogP contribution in [0.3, 0.4) is 0 Å². The van der Waals surface area contributed by atoms with Crippen molar-refractivity contribution in [2.75, 3.05) is 13.2 Å². The molecule has 1 spiro atoms. The summed E-state index contributed by atoms with van der Waals surface area (Å²) in [5, 5.41) is 64.3. The van der Waals surface area contributed by atoms with Crippen LogP contribution in [0.5, 0.6) is 0 Å². The van der Waals surface area contributed by atoms with E-state index in [-0.39, 0.29) is 35.6 Å². The van der Waals surface area contributed by atoms with Gasteiger partial charge in [0.2, 0.25) is 0 Å². The molecule has 0 aromatic rings. The van der Waals surface area contributed by atoms with Crippen molar-refractivity contribution >= 4 is 0 Å². The molecule has 8 aliphatic rings. The Labute approximate surface area is 296 Å². The molecule has 1 unspecified atom stereocenters. The van der Waals surface area contributed by atoms with E-state index >= 15 is 0 Å². The minimum absolute atomic E-state index is 0.0557. The predicted molar refractivity (Wildman–Crippen MR) is 177 cm³/mol. The van der Waals surface area contributed by atoms with Gasteiger partial charge >= 0.3 is 0 Å². The highest BCUT2D eigenvalue weighted by Crippen LogP contribution is 2.71. The van der Waals surface area contributed by atoms with Crippen LogP contribution in [0.25, 0.3) is 0 Å². The second-order valence-corrected chi connectivity index (χ2v) is 18.4. The Morgan fingerprint density at radius 3 is 2.18 bits per heavy atom. The predicted octanol–water partition coefficient (Wildman–Crippen LogP) is 2.08. The lowest BCUT2D eigenvalue weighted by atomic mass is 9.43. The molecule has 0 bridgehead atoms. The van der Waals surface area contributed by atoms with Crippen LogP contribution >= 0.6 is 0 Å². The van der Waals surface area contributed by atoms with Crippen LogP contribution < -0.4 is 0 Å². The Bertz CT molecular complexity index is 1230. The third-order valence-corrected chi connectivity index (χ3v) is 15.7. The maximum Gasteiger partial charge on any atom is 0.186 e. The van der Waals surface area contributed by atoms with Crippen molar-refractivity contribution in [3.63, 3.8) is 0 Å². The molecular formula is C38H62O12. The van der Waals surface area contributed by atoms with E-state index in [2.05, 4.69) is 27.7 Å². The van der Waals surface area contributed by atoms with E-state index in [4.69, 9.17) is 28.4 Å². The van der Waals surface area contributed by atoms with Gasteiger partial charge in [0, 0.05) is 12.3 Å². The number of aliphatic hydroxyl groups is 6. The summed E-state index contributed by atoms with van der Waals surface area (Å²) in [6.45, 7) is 11.7. The molecule has 4 saturated carbocycles. The highest BCUT2D eigenvalue weighted by atomic mass is 16.7. The van der Waals surface area contributed by atoms with E-state index < -0.39 is 67.2 Å². The van der Waals surface area contributed by atoms with E-state index in [9.17, 15) is 30.6 Å². The molecule has 8 fully saturated rings. The largest absolute Gasteiger partial charge is 0.393 e. The fraction of sp³-hybridized carbons (Fsp3) is 1.00. The lowest BCUT2D eigenvalue weighted by Crippen LogP contribution is -2.64. The van der Waals surface area contributed by atoms with Gasteiger partial charge in [-0.3, -0.25) is 0 Å². The molecule has 12 heteroatoms. The average Bonchev–Trinajstić information content (AvgIpc) is 3.53. The van der Waals surface area contributed by atoms with Gasteiger partial charge in [-0.15, -0.1) is 0 Å². The number of hydrogen-bond donors (Lipinski definition) is 6. The molecule has 8 rings (SSSR count). The minimum Gasteiger partial charge on any atom is -0.393 e. The number of rotatable bonds is 4. The topological polar surface area (TPSA) is 177 Å². The van der Waals surface area contributed by atoms with Crippen LogP contribution in [0.2, 0.25) is 0 Å². The Morgan fingerprint density at radius 2 is 1.44 bits per heavy atom. The van der Waals surface area contributed by atoms with Crippen LogP contribution in [0, 0.1) is 52.3 Å². The number of aliphatic hydroxyl groups excluding tert-OH is 6. The van der Waals surface area contributed by atoms with Gasteiger partial charge in [-0.25, -0.2) is 0 Å². The Balaban J connectivity index is 1.04. The zero-order chi connectivity index (χ0) is 35.5. The van der Waals surface area contributed by atoms with E-state index in [0.717, 1.165) is 58.0 Å². The van der Waals surface area contributed by atoms with Crippen LogP contribution in [0.1, 0.15) is 92.4 Å². The Kier molecular flexibility index (Phi) is 9.55. The Morgan fingerprint density at radius 1 is 0.680 bits per heavy atom. The lowest BCUT2D eigenvalue weighted by molar-refractivity contribution is -0.357. The second-order valence-electron chi connectivity index (χ2n) is 18.4. The fourth-order valence-corrected chi connectivity index (χ4v) is 12.9. The average molecular weight is 711 g/mol. The van der Waals surface area contributed by atoms with Crippen molar-refractivity contribution in [1.82, 2.24) is 0 Å². The third-order valence-electron chi connectivity index (χ3n) is 15.7. The quantitative estimate of drug-likeness (QED) is 0.235. The van der Waals surface area contributed by atoms with Gasteiger partial charge in [0.05, 0.1) is 37.6 Å². The van der Waals surface area contributed by atoms with Crippen LogP contribution in [-0.4, -0.2) is 123 Å². The zero-order valence-electron chi connectivity index (χ0n) is 30.4. The summed E-state index contributed by atoms with van der Waals surface area (Å²) in [6, 6.07) is 0. The van der Waals surface area contributed by atoms with Crippen molar-refractivity contribution in [2.45, 2.75) is 172 Å². The maximum atomic E-state index is 11.6. The fourth-order valence-electron chi connectivity index (χ4n) is 12.9. The van der Waals surface area contributed by atoms with Crippen molar-refractivity contribution < 1.29 is 59.1 Å². The standard InChI is InChI=1S/C38H62O12/c1-17-6-11-38(46-15-17)18(2)28-27(50-38)14-23-21-13-26(24-12-20(39)7-9-36(24,4)22(21)8-10-37(23,28)5)48-35-32(44)33(29(41)19(3)47-35)49-34-31(43)30(42)25(40)16-45-34/h17-35,39-44H,6-16H2,1-5H3/t17-,18+,19-,20+,21-,22+,23+,24-,25-,26+,27+,28+,29-,30+,31-,32-,33+,34+,35-,36-,37+,38?/m1/s1. The molecule has 0 radical (unpaired) electrons. The summed E-state index contributed by atoms with van der Waals surface area (Å²) < 4.78 is 37.9. The lowest BCUT2D eigenvalue weighted by Gasteiger charge is -2.63. The molecule has 6 N–H and O–H groups in total. The van der Waals surface area contributed by atoms with Crippen LogP contribution in [0.4, 0.5) is 0 Å².